The van der Waals surface area contributed by atoms with E-state index in [1.807, 2.05) is 4.90 Å². The molecule has 2 aromatic heterocycles. The molecule has 4 heterocycles. The molecule has 0 saturated carbocycles. The number of fused-ring (bicyclic) bond motifs is 1. The van der Waals surface area contributed by atoms with Crippen molar-refractivity contribution < 1.29 is 27.5 Å². The lowest BCUT2D eigenvalue weighted by atomic mass is 9.80. The fourth-order valence-electron chi connectivity index (χ4n) is 6.00. The Morgan fingerprint density at radius 1 is 1.09 bits per heavy atom. The topological polar surface area (TPSA) is 114 Å². The Morgan fingerprint density at radius 2 is 1.79 bits per heavy atom. The number of halogens is 3. The number of hydrogen-bond acceptors (Lipinski definition) is 7. The minimum Gasteiger partial charge on any atom is -0.374 e. The van der Waals surface area contributed by atoms with Crippen LogP contribution in [0.25, 0.3) is 11.4 Å². The van der Waals surface area contributed by atoms with Crippen LogP contribution in [0, 0.1) is 6.92 Å². The number of hydrogen-bond donors (Lipinski definition) is 1. The lowest BCUT2D eigenvalue weighted by molar-refractivity contribution is -0.149. The average Bonchev–Trinajstić information content (AvgIpc) is 3.40. The van der Waals surface area contributed by atoms with Crippen molar-refractivity contribution in [2.75, 3.05) is 43.0 Å². The van der Waals surface area contributed by atoms with Crippen LogP contribution in [0.1, 0.15) is 49.7 Å². The van der Waals surface area contributed by atoms with E-state index >= 15 is 0 Å². The van der Waals surface area contributed by atoms with E-state index in [-0.39, 0.29) is 35.1 Å². The average molecular weight is 600 g/mol. The Kier molecular flexibility index (Phi) is 7.27. The molecular weight excluding hydrogens is 567 g/mol. The molecule has 3 aromatic rings. The van der Waals surface area contributed by atoms with E-state index in [1.165, 1.54) is 23.6 Å². The van der Waals surface area contributed by atoms with Crippen LogP contribution in [0.4, 0.5) is 24.5 Å². The second kappa shape index (κ2) is 10.8. The van der Waals surface area contributed by atoms with Crippen LogP contribution < -0.4 is 15.8 Å². The Balaban J connectivity index is 1.34. The Bertz CT molecular complexity index is 1660. The van der Waals surface area contributed by atoms with Crippen molar-refractivity contribution in [3.05, 3.63) is 57.8 Å². The van der Waals surface area contributed by atoms with Gasteiger partial charge in [-0.05, 0) is 56.0 Å². The summed E-state index contributed by atoms with van der Waals surface area (Å²) in [5.74, 6) is 0.0413. The minimum absolute atomic E-state index is 0.0417. The normalized spacial score (nSPS) is 20.7. The number of ether oxygens (including phenoxy) is 1. The molecule has 228 valence electrons. The summed E-state index contributed by atoms with van der Waals surface area (Å²) in [4.78, 5) is 47.2. The third-order valence-electron chi connectivity index (χ3n) is 8.64. The van der Waals surface area contributed by atoms with Crippen molar-refractivity contribution >= 4 is 34.5 Å². The van der Waals surface area contributed by atoms with Gasteiger partial charge < -0.3 is 24.4 Å². The van der Waals surface area contributed by atoms with Gasteiger partial charge in [-0.25, -0.2) is 0 Å². The van der Waals surface area contributed by atoms with Crippen molar-refractivity contribution in [2.24, 2.45) is 0 Å². The van der Waals surface area contributed by atoms with Crippen LogP contribution in [0.2, 0.25) is 0 Å². The van der Waals surface area contributed by atoms with E-state index in [4.69, 9.17) is 9.72 Å². The highest BCUT2D eigenvalue weighted by Gasteiger charge is 2.40. The first-order valence-corrected chi connectivity index (χ1v) is 14.3. The fraction of sp³-hybridized carbons (Fsp3) is 0.483. The van der Waals surface area contributed by atoms with Gasteiger partial charge in [0.25, 0.3) is 5.56 Å². The highest BCUT2D eigenvalue weighted by Crippen LogP contribution is 2.41. The second-order valence-electron chi connectivity index (χ2n) is 11.3. The summed E-state index contributed by atoms with van der Waals surface area (Å²) in [5.41, 5.74) is 0.643. The lowest BCUT2D eigenvalue weighted by Gasteiger charge is -2.43. The molecule has 3 aliphatic rings. The van der Waals surface area contributed by atoms with E-state index in [9.17, 15) is 27.6 Å². The molecule has 2 saturated heterocycles. The zero-order valence-electron chi connectivity index (χ0n) is 23.9. The molecule has 1 N–H and O–H groups in total. The standard InChI is InChI=1S/C29H32F3N7O4/c1-18-24(37-14-12-36(13-15-37)19(2)40)26(42)39-27(34-25(35-39)20-7-9-28(10-8-20)11-16-43-28)38(18)17-23(41)33-22-5-3-21(4-6-22)29(30,31)32/h3-7H,8-17H2,1-2H3,(H,33,41). The summed E-state index contributed by atoms with van der Waals surface area (Å²) in [5, 5.41) is 7.22. The van der Waals surface area contributed by atoms with Gasteiger partial charge in [-0.2, -0.15) is 22.7 Å². The van der Waals surface area contributed by atoms with Gasteiger partial charge in [-0.3, -0.25) is 14.4 Å². The lowest BCUT2D eigenvalue weighted by Crippen LogP contribution is -2.50. The summed E-state index contributed by atoms with van der Waals surface area (Å²) in [7, 11) is 0. The summed E-state index contributed by atoms with van der Waals surface area (Å²) < 4.78 is 47.6. The number of nitrogens with one attached hydrogen (secondary N) is 1. The maximum Gasteiger partial charge on any atom is 0.416 e. The van der Waals surface area contributed by atoms with Gasteiger partial charge in [0.2, 0.25) is 17.6 Å². The van der Waals surface area contributed by atoms with Crippen molar-refractivity contribution in [1.82, 2.24) is 24.1 Å². The van der Waals surface area contributed by atoms with Crippen LogP contribution in [0.15, 0.2) is 35.1 Å². The van der Waals surface area contributed by atoms with Crippen LogP contribution in [-0.2, 0) is 27.0 Å². The zero-order chi connectivity index (χ0) is 30.5. The summed E-state index contributed by atoms with van der Waals surface area (Å²) >= 11 is 0. The monoisotopic (exact) mass is 599 g/mol. The number of aromatic nitrogens is 4. The first-order chi connectivity index (χ1) is 20.4. The second-order valence-corrected chi connectivity index (χ2v) is 11.3. The number of nitrogens with zero attached hydrogens (tertiary/aromatic N) is 6. The summed E-state index contributed by atoms with van der Waals surface area (Å²) in [6.45, 7) is 5.47. The number of anilines is 2. The Hall–Kier alpha value is -4.20. The zero-order valence-corrected chi connectivity index (χ0v) is 23.9. The molecule has 2 fully saturated rings. The molecular formula is C29H32F3N7O4. The van der Waals surface area contributed by atoms with Gasteiger partial charge in [-0.15, -0.1) is 5.10 Å². The first kappa shape index (κ1) is 28.9. The Labute approximate surface area is 244 Å². The van der Waals surface area contributed by atoms with Gasteiger partial charge in [0.15, 0.2) is 5.82 Å². The molecule has 1 aliphatic carbocycles. The molecule has 0 bridgehead atoms. The molecule has 1 atom stereocenters. The highest BCUT2D eigenvalue weighted by molar-refractivity contribution is 5.91. The molecule has 14 heteroatoms. The summed E-state index contributed by atoms with van der Waals surface area (Å²) in [6, 6.07) is 4.19. The molecule has 1 aromatic carbocycles. The summed E-state index contributed by atoms with van der Waals surface area (Å²) in [6.07, 6.45) is 0.837. The predicted molar refractivity (Wildman–Crippen MR) is 152 cm³/mol. The third-order valence-corrected chi connectivity index (χ3v) is 8.64. The van der Waals surface area contributed by atoms with Crippen molar-refractivity contribution in [1.29, 1.82) is 0 Å². The molecule has 1 unspecified atom stereocenters. The van der Waals surface area contributed by atoms with Crippen LogP contribution in [-0.4, -0.2) is 74.3 Å². The maximum absolute atomic E-state index is 13.9. The van der Waals surface area contributed by atoms with Gasteiger partial charge in [0.05, 0.1) is 17.8 Å². The fourth-order valence-corrected chi connectivity index (χ4v) is 6.00. The number of carbonyl (C=O) groups excluding carboxylic acids is 2. The van der Waals surface area contributed by atoms with Crippen molar-refractivity contribution in [2.45, 2.75) is 57.9 Å². The number of allylic oxidation sites excluding steroid dienone is 1. The van der Waals surface area contributed by atoms with Crippen LogP contribution in [0.3, 0.4) is 0 Å². The predicted octanol–water partition coefficient (Wildman–Crippen LogP) is 3.25. The number of alkyl halides is 3. The van der Waals surface area contributed by atoms with Gasteiger partial charge in [-0.1, -0.05) is 6.08 Å². The van der Waals surface area contributed by atoms with E-state index in [0.29, 0.717) is 49.8 Å². The largest absolute Gasteiger partial charge is 0.416 e. The molecule has 1 spiro atoms. The minimum atomic E-state index is -4.49. The van der Waals surface area contributed by atoms with Crippen molar-refractivity contribution in [3.63, 3.8) is 0 Å². The van der Waals surface area contributed by atoms with Gasteiger partial charge in [0.1, 0.15) is 12.2 Å². The first-order valence-electron chi connectivity index (χ1n) is 14.3. The van der Waals surface area contributed by atoms with E-state index in [1.54, 1.807) is 16.4 Å². The quantitative estimate of drug-likeness (QED) is 0.479. The maximum atomic E-state index is 13.9. The molecule has 2 aliphatic heterocycles. The molecule has 11 nitrogen and oxygen atoms in total. The molecule has 6 rings (SSSR count). The van der Waals surface area contributed by atoms with E-state index < -0.39 is 17.6 Å². The molecule has 0 radical (unpaired) electrons. The smallest absolute Gasteiger partial charge is 0.374 e. The van der Waals surface area contributed by atoms with E-state index in [2.05, 4.69) is 16.5 Å². The number of rotatable bonds is 5. The highest BCUT2D eigenvalue weighted by atomic mass is 19.4. The number of amides is 2. The third kappa shape index (κ3) is 5.51. The SMILES string of the molecule is CC(=O)N1CCN(c2c(C)n(CC(=O)Nc3ccc(C(F)(F)F)cc3)c3nc(C4=CCC5(CCO5)CC4)nn3c2=O)CC1. The van der Waals surface area contributed by atoms with Gasteiger partial charge >= 0.3 is 6.18 Å². The van der Waals surface area contributed by atoms with E-state index in [0.717, 1.165) is 43.6 Å². The molecule has 43 heavy (non-hydrogen) atoms. The van der Waals surface area contributed by atoms with Crippen LogP contribution >= 0.6 is 0 Å². The Morgan fingerprint density at radius 3 is 2.35 bits per heavy atom. The number of carbonyl (C=O) groups is 2. The van der Waals surface area contributed by atoms with Gasteiger partial charge in [0, 0.05) is 50.9 Å². The number of benzene rings is 1. The van der Waals surface area contributed by atoms with Crippen LogP contribution in [0.5, 0.6) is 0 Å². The number of piperazine rings is 1. The molecule has 2 amide bonds. The van der Waals surface area contributed by atoms with Crippen molar-refractivity contribution in [3.8, 4) is 0 Å².